The van der Waals surface area contributed by atoms with Gasteiger partial charge in [0.1, 0.15) is 0 Å². The number of piperidine rings is 1. The van der Waals surface area contributed by atoms with Crippen LogP contribution in [-0.4, -0.2) is 48.6 Å². The van der Waals surface area contributed by atoms with Gasteiger partial charge in [-0.3, -0.25) is 0 Å². The molecule has 126 valence electrons. The predicted octanol–water partition coefficient (Wildman–Crippen LogP) is 2.76. The molecule has 0 atom stereocenters. The van der Waals surface area contributed by atoms with E-state index < -0.39 is 11.6 Å². The van der Waals surface area contributed by atoms with Crippen molar-refractivity contribution in [3.05, 3.63) is 48.1 Å². The van der Waals surface area contributed by atoms with Crippen LogP contribution >= 0.6 is 0 Å². The number of likely N-dealkylation sites (tertiary alicyclic amines) is 1. The normalized spacial score (nSPS) is 16.1. The number of benzene rings is 1. The molecule has 2 amide bonds. The van der Waals surface area contributed by atoms with E-state index in [1.54, 1.807) is 11.0 Å². The number of hydrogen-bond donors (Lipinski definition) is 1. The number of nitrogens with one attached hydrogen (secondary N) is 1. The zero-order valence-electron chi connectivity index (χ0n) is 13.4. The minimum atomic E-state index is -0.907. The van der Waals surface area contributed by atoms with Crippen molar-refractivity contribution in [2.45, 2.75) is 25.4 Å². The van der Waals surface area contributed by atoms with Crippen LogP contribution in [0.4, 0.5) is 13.6 Å². The predicted molar refractivity (Wildman–Crippen MR) is 86.0 cm³/mol. The Morgan fingerprint density at radius 1 is 1.39 bits per heavy atom. The zero-order valence-corrected chi connectivity index (χ0v) is 13.4. The van der Waals surface area contributed by atoms with Crippen molar-refractivity contribution in [1.82, 2.24) is 15.1 Å². The standard InChI is InChI=1S/C17H23F2N3O/c1-3-8-22(14-6-9-21(2)10-7-14)17(23)20-12-13-4-5-15(18)16(19)11-13/h3-5,11,14H,1,6-10,12H2,2H3,(H,20,23). The zero-order chi connectivity index (χ0) is 16.8. The molecule has 0 radical (unpaired) electrons. The van der Waals surface area contributed by atoms with E-state index in [1.165, 1.54) is 6.07 Å². The molecule has 0 bridgehead atoms. The summed E-state index contributed by atoms with van der Waals surface area (Å²) in [4.78, 5) is 16.4. The Kier molecular flexibility index (Phi) is 6.10. The number of hydrogen-bond acceptors (Lipinski definition) is 2. The van der Waals surface area contributed by atoms with Crippen molar-refractivity contribution in [2.75, 3.05) is 26.7 Å². The van der Waals surface area contributed by atoms with E-state index in [4.69, 9.17) is 0 Å². The molecule has 1 aliphatic heterocycles. The molecule has 0 aromatic heterocycles. The van der Waals surface area contributed by atoms with Crippen LogP contribution in [-0.2, 0) is 6.54 Å². The Morgan fingerprint density at radius 2 is 2.09 bits per heavy atom. The number of urea groups is 1. The van der Waals surface area contributed by atoms with Crippen LogP contribution in [0.3, 0.4) is 0 Å². The van der Waals surface area contributed by atoms with Gasteiger partial charge in [-0.2, -0.15) is 0 Å². The van der Waals surface area contributed by atoms with Crippen molar-refractivity contribution in [1.29, 1.82) is 0 Å². The third-order valence-corrected chi connectivity index (χ3v) is 4.14. The molecule has 0 aliphatic carbocycles. The third-order valence-electron chi connectivity index (χ3n) is 4.14. The van der Waals surface area contributed by atoms with Gasteiger partial charge in [0, 0.05) is 19.1 Å². The van der Waals surface area contributed by atoms with Gasteiger partial charge < -0.3 is 15.1 Å². The van der Waals surface area contributed by atoms with Gasteiger partial charge in [-0.15, -0.1) is 6.58 Å². The molecule has 1 heterocycles. The topological polar surface area (TPSA) is 35.6 Å². The number of carbonyl (C=O) groups is 1. The van der Waals surface area contributed by atoms with Crippen molar-refractivity contribution < 1.29 is 13.6 Å². The highest BCUT2D eigenvalue weighted by Crippen LogP contribution is 2.16. The summed E-state index contributed by atoms with van der Waals surface area (Å²) in [5.74, 6) is -1.80. The largest absolute Gasteiger partial charge is 0.334 e. The van der Waals surface area contributed by atoms with Crippen LogP contribution in [0.15, 0.2) is 30.9 Å². The first kappa shape index (κ1) is 17.4. The second-order valence-corrected chi connectivity index (χ2v) is 5.88. The number of halogens is 2. The summed E-state index contributed by atoms with van der Waals surface area (Å²) >= 11 is 0. The maximum absolute atomic E-state index is 13.2. The van der Waals surface area contributed by atoms with Gasteiger partial charge in [0.2, 0.25) is 0 Å². The van der Waals surface area contributed by atoms with E-state index in [0.29, 0.717) is 12.1 Å². The van der Waals surface area contributed by atoms with Gasteiger partial charge in [0.25, 0.3) is 0 Å². The molecule has 1 aromatic rings. The summed E-state index contributed by atoms with van der Waals surface area (Å²) in [6, 6.07) is 3.60. The molecule has 1 N–H and O–H groups in total. The molecular weight excluding hydrogens is 300 g/mol. The second-order valence-electron chi connectivity index (χ2n) is 5.88. The lowest BCUT2D eigenvalue weighted by molar-refractivity contribution is 0.139. The Hall–Kier alpha value is -1.95. The number of rotatable bonds is 5. The van der Waals surface area contributed by atoms with Gasteiger partial charge in [0.15, 0.2) is 11.6 Å². The van der Waals surface area contributed by atoms with Crippen molar-refractivity contribution in [2.24, 2.45) is 0 Å². The van der Waals surface area contributed by atoms with E-state index in [2.05, 4.69) is 23.8 Å². The Balaban J connectivity index is 1.94. The quantitative estimate of drug-likeness (QED) is 0.846. The molecule has 6 heteroatoms. The maximum Gasteiger partial charge on any atom is 0.318 e. The Morgan fingerprint density at radius 3 is 2.70 bits per heavy atom. The SMILES string of the molecule is C=CCN(C(=O)NCc1ccc(F)c(F)c1)C1CCN(C)CC1. The number of amides is 2. The van der Waals surface area contributed by atoms with E-state index in [0.717, 1.165) is 38.1 Å². The first-order valence-electron chi connectivity index (χ1n) is 7.79. The van der Waals surface area contributed by atoms with Gasteiger partial charge >= 0.3 is 6.03 Å². The molecule has 1 aliphatic rings. The lowest BCUT2D eigenvalue weighted by Crippen LogP contribution is -2.50. The van der Waals surface area contributed by atoms with Gasteiger partial charge in [-0.25, -0.2) is 13.6 Å². The van der Waals surface area contributed by atoms with E-state index >= 15 is 0 Å². The smallest absolute Gasteiger partial charge is 0.318 e. The highest BCUT2D eigenvalue weighted by Gasteiger charge is 2.25. The molecule has 2 rings (SSSR count). The van der Waals surface area contributed by atoms with Crippen molar-refractivity contribution >= 4 is 6.03 Å². The third kappa shape index (κ3) is 4.76. The van der Waals surface area contributed by atoms with Crippen molar-refractivity contribution in [3.63, 3.8) is 0 Å². The van der Waals surface area contributed by atoms with Crippen LogP contribution in [0.1, 0.15) is 18.4 Å². The van der Waals surface area contributed by atoms with Crippen LogP contribution < -0.4 is 5.32 Å². The first-order valence-corrected chi connectivity index (χ1v) is 7.79. The van der Waals surface area contributed by atoms with Gasteiger partial charge in [-0.05, 0) is 50.7 Å². The van der Waals surface area contributed by atoms with Crippen molar-refractivity contribution in [3.8, 4) is 0 Å². The molecule has 0 spiro atoms. The monoisotopic (exact) mass is 323 g/mol. The lowest BCUT2D eigenvalue weighted by atomic mass is 10.0. The maximum atomic E-state index is 13.2. The summed E-state index contributed by atoms with van der Waals surface area (Å²) in [6.45, 7) is 6.25. The molecule has 0 saturated carbocycles. The summed E-state index contributed by atoms with van der Waals surface area (Å²) in [5.41, 5.74) is 0.527. The fourth-order valence-electron chi connectivity index (χ4n) is 2.77. The van der Waals surface area contributed by atoms with Gasteiger partial charge in [0.05, 0.1) is 0 Å². The molecule has 4 nitrogen and oxygen atoms in total. The molecule has 1 saturated heterocycles. The van der Waals surface area contributed by atoms with Crippen LogP contribution in [0.2, 0.25) is 0 Å². The minimum absolute atomic E-state index is 0.163. The van der Waals surface area contributed by atoms with Crippen LogP contribution in [0.5, 0.6) is 0 Å². The molecular formula is C17H23F2N3O. The van der Waals surface area contributed by atoms with E-state index in [1.807, 2.05) is 0 Å². The van der Waals surface area contributed by atoms with Crippen LogP contribution in [0.25, 0.3) is 0 Å². The van der Waals surface area contributed by atoms with E-state index in [-0.39, 0.29) is 18.6 Å². The summed E-state index contributed by atoms with van der Waals surface area (Å²) in [7, 11) is 2.07. The van der Waals surface area contributed by atoms with E-state index in [9.17, 15) is 13.6 Å². The number of carbonyl (C=O) groups excluding carboxylic acids is 1. The average Bonchev–Trinajstić information content (AvgIpc) is 2.54. The number of nitrogens with zero attached hydrogens (tertiary/aromatic N) is 2. The second kappa shape index (κ2) is 8.06. The fraction of sp³-hybridized carbons (Fsp3) is 0.471. The lowest BCUT2D eigenvalue weighted by Gasteiger charge is -2.36. The summed E-state index contributed by atoms with van der Waals surface area (Å²) < 4.78 is 26.1. The summed E-state index contributed by atoms with van der Waals surface area (Å²) in [5, 5.41) is 2.78. The molecule has 1 fully saturated rings. The fourth-order valence-corrected chi connectivity index (χ4v) is 2.77. The highest BCUT2D eigenvalue weighted by molar-refractivity contribution is 5.74. The Bertz CT molecular complexity index is 557. The molecule has 1 aromatic carbocycles. The highest BCUT2D eigenvalue weighted by atomic mass is 19.2. The Labute approximate surface area is 135 Å². The first-order chi connectivity index (χ1) is 11.0. The van der Waals surface area contributed by atoms with Gasteiger partial charge in [-0.1, -0.05) is 12.1 Å². The molecule has 23 heavy (non-hydrogen) atoms. The summed E-state index contributed by atoms with van der Waals surface area (Å²) in [6.07, 6.45) is 3.54. The minimum Gasteiger partial charge on any atom is -0.334 e. The van der Waals surface area contributed by atoms with Crippen LogP contribution in [0, 0.1) is 11.6 Å². The average molecular weight is 323 g/mol. The molecule has 0 unspecified atom stereocenters.